The molecule has 4 aromatic rings. The molecule has 0 aliphatic carbocycles. The lowest BCUT2D eigenvalue weighted by molar-refractivity contribution is -0.166. The summed E-state index contributed by atoms with van der Waals surface area (Å²) < 4.78 is 48.0. The molecule has 0 spiro atoms. The van der Waals surface area contributed by atoms with Crippen molar-refractivity contribution in [3.05, 3.63) is 81.7 Å². The van der Waals surface area contributed by atoms with E-state index < -0.39 is 47.5 Å². The maximum absolute atomic E-state index is 15.6. The lowest BCUT2D eigenvalue weighted by Gasteiger charge is -2.29. The van der Waals surface area contributed by atoms with Crippen LogP contribution >= 0.6 is 0 Å². The third-order valence-electron chi connectivity index (χ3n) is 7.54. The smallest absolute Gasteiger partial charge is 0.340 e. The summed E-state index contributed by atoms with van der Waals surface area (Å²) in [4.78, 5) is 44.0. The number of aryl methyl sites for hydroxylation is 1. The second kappa shape index (κ2) is 13.0. The molecular formula is C34H36F2N4O6. The monoisotopic (exact) mass is 634 g/mol. The first-order valence-electron chi connectivity index (χ1n) is 15.1. The van der Waals surface area contributed by atoms with Crippen molar-refractivity contribution in [1.29, 1.82) is 0 Å². The van der Waals surface area contributed by atoms with E-state index in [0.29, 0.717) is 53.1 Å². The quantitative estimate of drug-likeness (QED) is 0.185. The number of ketones is 1. The van der Waals surface area contributed by atoms with Gasteiger partial charge in [0, 0.05) is 34.0 Å². The van der Waals surface area contributed by atoms with Crippen molar-refractivity contribution < 1.29 is 37.4 Å². The molecule has 242 valence electrons. The fourth-order valence-electron chi connectivity index (χ4n) is 5.53. The van der Waals surface area contributed by atoms with Crippen molar-refractivity contribution in [3.8, 4) is 17.0 Å². The minimum atomic E-state index is -1.27. The predicted octanol–water partition coefficient (Wildman–Crippen LogP) is 5.65. The van der Waals surface area contributed by atoms with Gasteiger partial charge in [0.1, 0.15) is 5.82 Å². The number of fused-ring (bicyclic) bond motifs is 2. The summed E-state index contributed by atoms with van der Waals surface area (Å²) in [7, 11) is 0. The predicted molar refractivity (Wildman–Crippen MR) is 165 cm³/mol. The molecule has 0 fully saturated rings. The number of halogens is 2. The average Bonchev–Trinajstić information content (AvgIpc) is 3.43. The van der Waals surface area contributed by atoms with Crippen LogP contribution in [-0.4, -0.2) is 57.6 Å². The summed E-state index contributed by atoms with van der Waals surface area (Å²) in [5.41, 5.74) is 2.26. The topological polar surface area (TPSA) is 121 Å². The average molecular weight is 635 g/mol. The lowest BCUT2D eigenvalue weighted by Crippen LogP contribution is -2.30. The van der Waals surface area contributed by atoms with E-state index in [1.807, 2.05) is 6.92 Å². The number of Topliss-reactive ketones (excluding diaryl/α,β-unsaturated/α-hetero) is 1. The van der Waals surface area contributed by atoms with Crippen LogP contribution < -0.4 is 10.1 Å². The van der Waals surface area contributed by atoms with Crippen LogP contribution in [0.4, 0.5) is 8.78 Å². The van der Waals surface area contributed by atoms with Gasteiger partial charge >= 0.3 is 5.97 Å². The molecule has 12 heteroatoms. The summed E-state index contributed by atoms with van der Waals surface area (Å²) >= 11 is 0. The van der Waals surface area contributed by atoms with Crippen molar-refractivity contribution >= 4 is 23.3 Å². The zero-order valence-corrected chi connectivity index (χ0v) is 26.6. The summed E-state index contributed by atoms with van der Waals surface area (Å²) in [5, 5.41) is 7.06. The normalized spacial score (nSPS) is 13.6. The number of nitrogens with one attached hydrogen (secondary N) is 1. The molecule has 0 saturated heterocycles. The highest BCUT2D eigenvalue weighted by Crippen LogP contribution is 2.41. The molecule has 0 bridgehead atoms. The Morgan fingerprint density at radius 1 is 1.13 bits per heavy atom. The van der Waals surface area contributed by atoms with E-state index in [9.17, 15) is 18.8 Å². The second-order valence-electron chi connectivity index (χ2n) is 12.0. The van der Waals surface area contributed by atoms with Gasteiger partial charge in [-0.15, -0.1) is 0 Å². The number of ether oxygens (including phenoxy) is 3. The van der Waals surface area contributed by atoms with Gasteiger partial charge in [0.2, 0.25) is 0 Å². The highest BCUT2D eigenvalue weighted by Gasteiger charge is 2.36. The van der Waals surface area contributed by atoms with Gasteiger partial charge in [-0.2, -0.15) is 5.10 Å². The Bertz CT molecular complexity index is 1850. The van der Waals surface area contributed by atoms with Gasteiger partial charge in [0.05, 0.1) is 31.1 Å². The molecule has 1 amide bonds. The molecule has 0 radical (unpaired) electrons. The van der Waals surface area contributed by atoms with Gasteiger partial charge < -0.3 is 19.5 Å². The molecule has 1 aliphatic rings. The van der Waals surface area contributed by atoms with Gasteiger partial charge in [-0.3, -0.25) is 9.59 Å². The number of carbonyl (C=O) groups is 3. The highest BCUT2D eigenvalue weighted by molar-refractivity contribution is 6.02. The maximum Gasteiger partial charge on any atom is 0.340 e. The zero-order chi connectivity index (χ0) is 33.3. The van der Waals surface area contributed by atoms with Crippen molar-refractivity contribution in [1.82, 2.24) is 19.9 Å². The standard InChI is InChI=1S/C34H36F2N4O6/c1-7-44-33(43)31(46-34(4,5)6)28-19(3)38-27-16-25(32(42)37-17-26(41)20-10-8-11-21(35)14-20)39-40(27)29(28)23-15-24(36)30-22(18(23)2)12-9-13-45-30/h8,10-11,14-16,31H,7,9,12-13,17H2,1-6H3,(H,37,42)/t31-/m0/s1. The lowest BCUT2D eigenvalue weighted by atomic mass is 9.91. The van der Waals surface area contributed by atoms with E-state index in [2.05, 4.69) is 15.4 Å². The molecular weight excluding hydrogens is 598 g/mol. The second-order valence-corrected chi connectivity index (χ2v) is 12.0. The van der Waals surface area contributed by atoms with Crippen LogP contribution in [0.2, 0.25) is 0 Å². The van der Waals surface area contributed by atoms with Gasteiger partial charge in [-0.05, 0) is 78.1 Å². The number of esters is 1. The number of aromatic nitrogens is 3. The Morgan fingerprint density at radius 3 is 2.59 bits per heavy atom. The first kappa shape index (κ1) is 32.7. The fraction of sp³-hybridized carbons (Fsp3) is 0.382. The molecule has 5 rings (SSSR count). The molecule has 0 saturated carbocycles. The molecule has 1 atom stereocenters. The Morgan fingerprint density at radius 2 is 1.89 bits per heavy atom. The number of carbonyl (C=O) groups excluding carboxylic acids is 3. The third kappa shape index (κ3) is 6.62. The molecule has 3 heterocycles. The zero-order valence-electron chi connectivity index (χ0n) is 26.6. The highest BCUT2D eigenvalue weighted by atomic mass is 19.1. The van der Waals surface area contributed by atoms with E-state index in [1.54, 1.807) is 34.6 Å². The molecule has 46 heavy (non-hydrogen) atoms. The van der Waals surface area contributed by atoms with Crippen LogP contribution in [0.25, 0.3) is 16.9 Å². The molecule has 1 aliphatic heterocycles. The minimum absolute atomic E-state index is 0.0822. The number of rotatable bonds is 9. The summed E-state index contributed by atoms with van der Waals surface area (Å²) in [6.45, 7) is 10.7. The summed E-state index contributed by atoms with van der Waals surface area (Å²) in [6.07, 6.45) is 0.0141. The van der Waals surface area contributed by atoms with Crippen molar-refractivity contribution in [2.24, 2.45) is 0 Å². The Hall–Kier alpha value is -4.71. The molecule has 1 N–H and O–H groups in total. The van der Waals surface area contributed by atoms with Gasteiger partial charge in [0.15, 0.2) is 34.8 Å². The maximum atomic E-state index is 15.6. The van der Waals surface area contributed by atoms with E-state index in [4.69, 9.17) is 14.2 Å². The van der Waals surface area contributed by atoms with Crippen LogP contribution in [0.3, 0.4) is 0 Å². The molecule has 0 unspecified atom stereocenters. The number of hydrogen-bond acceptors (Lipinski definition) is 8. The van der Waals surface area contributed by atoms with E-state index in [0.717, 1.165) is 6.07 Å². The van der Waals surface area contributed by atoms with Crippen molar-refractivity contribution in [2.45, 2.75) is 66.1 Å². The Balaban J connectivity index is 1.67. The Kier molecular flexibility index (Phi) is 9.20. The number of amides is 1. The SMILES string of the molecule is CCOC(=O)[C@@H](OC(C)(C)C)c1c(C)nc2cc(C(=O)NCC(=O)c3cccc(F)c3)nn2c1-c1cc(F)c2c(c1C)CCCO2. The van der Waals surface area contributed by atoms with Crippen LogP contribution in [0.1, 0.15) is 83.5 Å². The third-order valence-corrected chi connectivity index (χ3v) is 7.54. The van der Waals surface area contributed by atoms with E-state index >= 15 is 4.39 Å². The van der Waals surface area contributed by atoms with Gasteiger partial charge in [-0.1, -0.05) is 12.1 Å². The molecule has 10 nitrogen and oxygen atoms in total. The summed E-state index contributed by atoms with van der Waals surface area (Å²) in [6, 6.07) is 7.92. The summed E-state index contributed by atoms with van der Waals surface area (Å²) in [5.74, 6) is -2.80. The molecule has 2 aromatic carbocycles. The van der Waals surface area contributed by atoms with Crippen LogP contribution in [-0.2, 0) is 20.7 Å². The largest absolute Gasteiger partial charge is 0.490 e. The minimum Gasteiger partial charge on any atom is -0.490 e. The number of nitrogens with zero attached hydrogens (tertiary/aromatic N) is 3. The van der Waals surface area contributed by atoms with Crippen LogP contribution in [0.5, 0.6) is 5.75 Å². The number of benzene rings is 2. The van der Waals surface area contributed by atoms with Crippen LogP contribution in [0.15, 0.2) is 36.4 Å². The first-order chi connectivity index (χ1) is 21.8. The van der Waals surface area contributed by atoms with Crippen molar-refractivity contribution in [2.75, 3.05) is 19.8 Å². The number of hydrogen-bond donors (Lipinski definition) is 1. The molecule has 2 aromatic heterocycles. The van der Waals surface area contributed by atoms with Crippen molar-refractivity contribution in [3.63, 3.8) is 0 Å². The first-order valence-corrected chi connectivity index (χ1v) is 15.1. The fourth-order valence-corrected chi connectivity index (χ4v) is 5.53. The van der Waals surface area contributed by atoms with E-state index in [-0.39, 0.29) is 29.3 Å². The Labute approximate surface area is 265 Å². The van der Waals surface area contributed by atoms with Gasteiger partial charge in [0.25, 0.3) is 5.91 Å². The van der Waals surface area contributed by atoms with E-state index in [1.165, 1.54) is 34.8 Å². The van der Waals surface area contributed by atoms with Crippen LogP contribution in [0, 0.1) is 25.5 Å². The van der Waals surface area contributed by atoms with Gasteiger partial charge in [-0.25, -0.2) is 23.1 Å².